The Balaban J connectivity index is 1.85. The number of nitrogens with one attached hydrogen (secondary N) is 1. The summed E-state index contributed by atoms with van der Waals surface area (Å²) in [6.07, 6.45) is 0. The summed E-state index contributed by atoms with van der Waals surface area (Å²) in [5.41, 5.74) is 1.17. The Kier molecular flexibility index (Phi) is 6.44. The summed E-state index contributed by atoms with van der Waals surface area (Å²) in [7, 11) is -3.68. The molecule has 0 spiro atoms. The molecule has 0 bridgehead atoms. The molecule has 1 amide bonds. The lowest BCUT2D eigenvalue weighted by Gasteiger charge is -2.25. The average Bonchev–Trinajstić information content (AvgIpc) is 2.71. The number of amides is 1. The number of hydrogen-bond acceptors (Lipinski definition) is 5. The minimum absolute atomic E-state index is 0.0712. The second-order valence-corrected chi connectivity index (χ2v) is 8.78. The molecule has 1 aliphatic heterocycles. The predicted molar refractivity (Wildman–Crippen MR) is 110 cm³/mol. The van der Waals surface area contributed by atoms with Gasteiger partial charge in [-0.15, -0.1) is 0 Å². The van der Waals surface area contributed by atoms with Crippen molar-refractivity contribution >= 4 is 15.9 Å². The second-order valence-electron chi connectivity index (χ2n) is 7.06. The molecule has 0 unspecified atom stereocenters. The lowest BCUT2D eigenvalue weighted by molar-refractivity contribution is 0.0749. The normalized spacial score (nSPS) is 13.4. The van der Waals surface area contributed by atoms with E-state index in [2.05, 4.69) is 4.72 Å². The van der Waals surface area contributed by atoms with Gasteiger partial charge < -0.3 is 14.4 Å². The third-order valence-electron chi connectivity index (χ3n) is 4.46. The van der Waals surface area contributed by atoms with Crippen molar-refractivity contribution in [3.8, 4) is 11.5 Å². The van der Waals surface area contributed by atoms with E-state index in [1.54, 1.807) is 30.9 Å². The lowest BCUT2D eigenvalue weighted by atomic mass is 10.1. The van der Waals surface area contributed by atoms with Crippen molar-refractivity contribution in [2.24, 2.45) is 0 Å². The van der Waals surface area contributed by atoms with Crippen LogP contribution in [0.1, 0.15) is 36.7 Å². The molecule has 0 aromatic heterocycles. The van der Waals surface area contributed by atoms with Crippen molar-refractivity contribution in [2.75, 3.05) is 19.8 Å². The van der Waals surface area contributed by atoms with Crippen LogP contribution in [0.5, 0.6) is 11.5 Å². The highest BCUT2D eigenvalue weighted by Crippen LogP contribution is 2.34. The van der Waals surface area contributed by atoms with Gasteiger partial charge in [-0.05, 0) is 45.0 Å². The highest BCUT2D eigenvalue weighted by molar-refractivity contribution is 7.89. The van der Waals surface area contributed by atoms with Crippen molar-refractivity contribution in [3.05, 3.63) is 53.6 Å². The van der Waals surface area contributed by atoms with Crippen LogP contribution in [0.15, 0.2) is 47.4 Å². The highest BCUT2D eigenvalue weighted by atomic mass is 32.2. The van der Waals surface area contributed by atoms with Gasteiger partial charge in [-0.2, -0.15) is 0 Å². The quantitative estimate of drug-likeness (QED) is 0.747. The van der Waals surface area contributed by atoms with Crippen LogP contribution in [0.2, 0.25) is 0 Å². The SMILES string of the molecule is CCN(Cc1cccc2c1OCCO2)C(=O)c1cccc(S(=O)(=O)NC(C)C)c1. The molecule has 2 aromatic rings. The maximum absolute atomic E-state index is 13.1. The average molecular weight is 419 g/mol. The van der Waals surface area contributed by atoms with E-state index in [-0.39, 0.29) is 16.8 Å². The molecule has 2 aromatic carbocycles. The number of ether oxygens (including phenoxy) is 2. The molecule has 0 radical (unpaired) electrons. The van der Waals surface area contributed by atoms with Gasteiger partial charge in [0.15, 0.2) is 11.5 Å². The minimum atomic E-state index is -3.68. The number of rotatable bonds is 7. The molecular formula is C21H26N2O5S. The number of carbonyl (C=O) groups excluding carboxylic acids is 1. The zero-order valence-corrected chi connectivity index (χ0v) is 17.7. The fourth-order valence-corrected chi connectivity index (χ4v) is 4.45. The summed E-state index contributed by atoms with van der Waals surface area (Å²) in [4.78, 5) is 14.8. The van der Waals surface area contributed by atoms with Crippen LogP contribution >= 0.6 is 0 Å². The molecule has 3 rings (SSSR count). The molecule has 1 aliphatic rings. The van der Waals surface area contributed by atoms with Crippen LogP contribution < -0.4 is 14.2 Å². The van der Waals surface area contributed by atoms with Gasteiger partial charge in [-0.3, -0.25) is 4.79 Å². The van der Waals surface area contributed by atoms with E-state index in [0.29, 0.717) is 43.4 Å². The first-order valence-corrected chi connectivity index (χ1v) is 11.1. The Morgan fingerprint density at radius 3 is 2.59 bits per heavy atom. The molecule has 156 valence electrons. The summed E-state index contributed by atoms with van der Waals surface area (Å²) in [5.74, 6) is 1.08. The summed E-state index contributed by atoms with van der Waals surface area (Å²) < 4.78 is 38.8. The third kappa shape index (κ3) is 4.89. The molecule has 0 saturated heterocycles. The molecule has 7 nitrogen and oxygen atoms in total. The number of nitrogens with zero attached hydrogens (tertiary/aromatic N) is 1. The number of sulfonamides is 1. The van der Waals surface area contributed by atoms with E-state index < -0.39 is 10.0 Å². The van der Waals surface area contributed by atoms with Gasteiger partial charge in [-0.1, -0.05) is 18.2 Å². The zero-order chi connectivity index (χ0) is 21.0. The van der Waals surface area contributed by atoms with Crippen molar-refractivity contribution in [2.45, 2.75) is 38.3 Å². The summed E-state index contributed by atoms with van der Waals surface area (Å²) in [6.45, 7) is 7.14. The topological polar surface area (TPSA) is 84.9 Å². The standard InChI is InChI=1S/C21H26N2O5S/c1-4-23(14-17-8-6-10-19-20(17)28-12-11-27-19)21(24)16-7-5-9-18(13-16)29(25,26)22-15(2)3/h5-10,13,15,22H,4,11-12,14H2,1-3H3. The van der Waals surface area contributed by atoms with Gasteiger partial charge in [0, 0.05) is 30.3 Å². The molecule has 0 atom stereocenters. The maximum atomic E-state index is 13.1. The Bertz CT molecular complexity index is 988. The van der Waals surface area contributed by atoms with E-state index in [1.807, 2.05) is 25.1 Å². The van der Waals surface area contributed by atoms with E-state index in [1.165, 1.54) is 12.1 Å². The fourth-order valence-electron chi connectivity index (χ4n) is 3.15. The zero-order valence-electron chi connectivity index (χ0n) is 16.8. The lowest BCUT2D eigenvalue weighted by Crippen LogP contribution is -2.32. The Morgan fingerprint density at radius 2 is 1.86 bits per heavy atom. The molecule has 8 heteroatoms. The summed E-state index contributed by atoms with van der Waals surface area (Å²) >= 11 is 0. The number of benzene rings is 2. The number of hydrogen-bond donors (Lipinski definition) is 1. The van der Waals surface area contributed by atoms with Crippen LogP contribution in [-0.4, -0.2) is 45.0 Å². The largest absolute Gasteiger partial charge is 0.486 e. The highest BCUT2D eigenvalue weighted by Gasteiger charge is 2.22. The Labute approximate surface area is 171 Å². The molecule has 0 aliphatic carbocycles. The van der Waals surface area contributed by atoms with Crippen molar-refractivity contribution in [1.29, 1.82) is 0 Å². The van der Waals surface area contributed by atoms with E-state index in [0.717, 1.165) is 5.56 Å². The van der Waals surface area contributed by atoms with E-state index >= 15 is 0 Å². The fraction of sp³-hybridized carbons (Fsp3) is 0.381. The molecule has 1 N–H and O–H groups in total. The number of para-hydroxylation sites is 1. The van der Waals surface area contributed by atoms with Crippen LogP contribution in [0.3, 0.4) is 0 Å². The second kappa shape index (κ2) is 8.84. The van der Waals surface area contributed by atoms with E-state index in [4.69, 9.17) is 9.47 Å². The van der Waals surface area contributed by atoms with Crippen molar-refractivity contribution in [1.82, 2.24) is 9.62 Å². The van der Waals surface area contributed by atoms with Gasteiger partial charge in [0.1, 0.15) is 13.2 Å². The van der Waals surface area contributed by atoms with Crippen LogP contribution in [0.25, 0.3) is 0 Å². The molecule has 0 saturated carbocycles. The van der Waals surface area contributed by atoms with Gasteiger partial charge in [-0.25, -0.2) is 13.1 Å². The maximum Gasteiger partial charge on any atom is 0.254 e. The molecule has 29 heavy (non-hydrogen) atoms. The molecule has 0 fully saturated rings. The first kappa shape index (κ1) is 21.1. The first-order chi connectivity index (χ1) is 13.8. The predicted octanol–water partition coefficient (Wildman–Crippen LogP) is 2.81. The van der Waals surface area contributed by atoms with Gasteiger partial charge >= 0.3 is 0 Å². The summed E-state index contributed by atoms with van der Waals surface area (Å²) in [5, 5.41) is 0. The van der Waals surface area contributed by atoms with Crippen molar-refractivity contribution in [3.63, 3.8) is 0 Å². The summed E-state index contributed by atoms with van der Waals surface area (Å²) in [6, 6.07) is 11.5. The Morgan fingerprint density at radius 1 is 1.14 bits per heavy atom. The van der Waals surface area contributed by atoms with Crippen LogP contribution in [-0.2, 0) is 16.6 Å². The van der Waals surface area contributed by atoms with Gasteiger partial charge in [0.2, 0.25) is 10.0 Å². The number of fused-ring (bicyclic) bond motifs is 1. The van der Waals surface area contributed by atoms with Crippen LogP contribution in [0.4, 0.5) is 0 Å². The van der Waals surface area contributed by atoms with Crippen molar-refractivity contribution < 1.29 is 22.7 Å². The van der Waals surface area contributed by atoms with Gasteiger partial charge in [0.05, 0.1) is 4.90 Å². The Hall–Kier alpha value is -2.58. The van der Waals surface area contributed by atoms with Crippen LogP contribution in [0, 0.1) is 0 Å². The van der Waals surface area contributed by atoms with Gasteiger partial charge in [0.25, 0.3) is 5.91 Å². The first-order valence-electron chi connectivity index (χ1n) is 9.61. The monoisotopic (exact) mass is 418 g/mol. The third-order valence-corrected chi connectivity index (χ3v) is 6.12. The number of carbonyl (C=O) groups is 1. The molecular weight excluding hydrogens is 392 g/mol. The molecule has 1 heterocycles. The smallest absolute Gasteiger partial charge is 0.254 e. The minimum Gasteiger partial charge on any atom is -0.486 e. The van der Waals surface area contributed by atoms with E-state index in [9.17, 15) is 13.2 Å².